The molecule has 0 atom stereocenters. The summed E-state index contributed by atoms with van der Waals surface area (Å²) in [6.45, 7) is 6.57. The monoisotopic (exact) mass is 305 g/mol. The van der Waals surface area contributed by atoms with Gasteiger partial charge in [0.1, 0.15) is 5.41 Å². The number of amides is 2. The van der Waals surface area contributed by atoms with Crippen molar-refractivity contribution in [3.63, 3.8) is 0 Å². The molecule has 5 nitrogen and oxygen atoms in total. The quantitative estimate of drug-likeness (QED) is 0.756. The van der Waals surface area contributed by atoms with E-state index in [0.717, 1.165) is 24.2 Å². The second kappa shape index (κ2) is 7.94. The highest BCUT2D eigenvalue weighted by atomic mass is 16.2. The first-order valence-corrected chi connectivity index (χ1v) is 7.61. The van der Waals surface area contributed by atoms with Gasteiger partial charge in [-0.3, -0.25) is 9.59 Å². The van der Waals surface area contributed by atoms with Crippen molar-refractivity contribution >= 4 is 17.5 Å². The first kappa shape index (κ1) is 18.2. The fraction of sp³-hybridized carbons (Fsp3) is 0.529. The van der Waals surface area contributed by atoms with Crippen molar-refractivity contribution < 1.29 is 9.59 Å². The van der Waals surface area contributed by atoms with Gasteiger partial charge < -0.3 is 15.5 Å². The summed E-state index contributed by atoms with van der Waals surface area (Å²) in [6, 6.07) is 7.64. The van der Waals surface area contributed by atoms with Crippen molar-refractivity contribution in [2.24, 2.45) is 5.41 Å². The van der Waals surface area contributed by atoms with Gasteiger partial charge in [-0.2, -0.15) is 0 Å². The van der Waals surface area contributed by atoms with Crippen LogP contribution in [0.25, 0.3) is 0 Å². The third-order valence-electron chi connectivity index (χ3n) is 3.63. The second-order valence-corrected chi connectivity index (χ2v) is 6.15. The molecule has 0 aliphatic heterocycles. The number of nitrogens with zero attached hydrogens (tertiary/aromatic N) is 1. The van der Waals surface area contributed by atoms with E-state index in [9.17, 15) is 9.59 Å². The van der Waals surface area contributed by atoms with Crippen LogP contribution in [0.15, 0.2) is 24.3 Å². The molecule has 2 amide bonds. The maximum absolute atomic E-state index is 12.5. The van der Waals surface area contributed by atoms with Crippen LogP contribution < -0.4 is 10.6 Å². The maximum Gasteiger partial charge on any atom is 0.239 e. The SMILES string of the molecule is CCc1ccccc1NC(=O)C(C)(C)C(=O)NCCN(C)C. The van der Waals surface area contributed by atoms with E-state index < -0.39 is 5.41 Å². The Kier molecular flexibility index (Phi) is 6.56. The molecule has 1 rings (SSSR count). The minimum atomic E-state index is -1.12. The van der Waals surface area contributed by atoms with Gasteiger partial charge in [-0.15, -0.1) is 0 Å². The van der Waals surface area contributed by atoms with Crippen LogP contribution in [0, 0.1) is 5.41 Å². The van der Waals surface area contributed by atoms with E-state index in [0.29, 0.717) is 6.54 Å². The fourth-order valence-corrected chi connectivity index (χ4v) is 1.95. The van der Waals surface area contributed by atoms with Crippen molar-refractivity contribution in [1.82, 2.24) is 10.2 Å². The highest BCUT2D eigenvalue weighted by molar-refractivity contribution is 6.10. The number of para-hydroxylation sites is 1. The highest BCUT2D eigenvalue weighted by Crippen LogP contribution is 2.21. The third-order valence-corrected chi connectivity index (χ3v) is 3.63. The van der Waals surface area contributed by atoms with Crippen molar-refractivity contribution in [2.45, 2.75) is 27.2 Å². The molecule has 5 heteroatoms. The minimum Gasteiger partial charge on any atom is -0.354 e. The van der Waals surface area contributed by atoms with Crippen molar-refractivity contribution in [2.75, 3.05) is 32.5 Å². The van der Waals surface area contributed by atoms with Gasteiger partial charge in [0.15, 0.2) is 0 Å². The van der Waals surface area contributed by atoms with Gasteiger partial charge in [0.05, 0.1) is 0 Å². The van der Waals surface area contributed by atoms with Crippen LogP contribution in [-0.4, -0.2) is 43.9 Å². The molecule has 0 spiro atoms. The third kappa shape index (κ3) is 4.84. The molecule has 0 saturated carbocycles. The van der Waals surface area contributed by atoms with Gasteiger partial charge in [-0.05, 0) is 46.0 Å². The molecule has 0 saturated heterocycles. The van der Waals surface area contributed by atoms with E-state index >= 15 is 0 Å². The summed E-state index contributed by atoms with van der Waals surface area (Å²) in [5, 5.41) is 5.68. The highest BCUT2D eigenvalue weighted by Gasteiger charge is 2.36. The average Bonchev–Trinajstić information content (AvgIpc) is 2.47. The van der Waals surface area contributed by atoms with E-state index in [1.54, 1.807) is 13.8 Å². The summed E-state index contributed by atoms with van der Waals surface area (Å²) in [7, 11) is 3.87. The Bertz CT molecular complexity index is 524. The van der Waals surface area contributed by atoms with E-state index in [1.165, 1.54) is 0 Å². The predicted octanol–water partition coefficient (Wildman–Crippen LogP) is 1.89. The lowest BCUT2D eigenvalue weighted by Gasteiger charge is -2.24. The van der Waals surface area contributed by atoms with Gasteiger partial charge in [0, 0.05) is 18.8 Å². The molecule has 1 aromatic rings. The van der Waals surface area contributed by atoms with E-state index in [2.05, 4.69) is 10.6 Å². The first-order valence-electron chi connectivity index (χ1n) is 7.61. The first-order chi connectivity index (χ1) is 10.3. The molecule has 0 aliphatic rings. The number of nitrogens with one attached hydrogen (secondary N) is 2. The molecule has 22 heavy (non-hydrogen) atoms. The van der Waals surface area contributed by atoms with Crippen LogP contribution in [0.4, 0.5) is 5.69 Å². The number of carbonyl (C=O) groups is 2. The summed E-state index contributed by atoms with van der Waals surface area (Å²) in [4.78, 5) is 26.7. The van der Waals surface area contributed by atoms with Gasteiger partial charge in [0.2, 0.25) is 11.8 Å². The van der Waals surface area contributed by atoms with Crippen molar-refractivity contribution in [3.05, 3.63) is 29.8 Å². The molecule has 0 radical (unpaired) electrons. The number of hydrogen-bond donors (Lipinski definition) is 2. The molecule has 1 aromatic carbocycles. The number of aryl methyl sites for hydroxylation is 1. The zero-order valence-corrected chi connectivity index (χ0v) is 14.2. The molecule has 0 unspecified atom stereocenters. The molecule has 0 bridgehead atoms. The molecular weight excluding hydrogens is 278 g/mol. The van der Waals surface area contributed by atoms with Crippen LogP contribution in [0.5, 0.6) is 0 Å². The number of rotatable bonds is 7. The number of likely N-dealkylation sites (N-methyl/N-ethyl adjacent to an activating group) is 1. The standard InChI is InChI=1S/C17H27N3O2/c1-6-13-9-7-8-10-14(13)19-16(22)17(2,3)15(21)18-11-12-20(4)5/h7-10H,6,11-12H2,1-5H3,(H,18,21)(H,19,22). The summed E-state index contributed by atoms with van der Waals surface area (Å²) in [6.07, 6.45) is 0.825. The normalized spacial score (nSPS) is 11.4. The summed E-state index contributed by atoms with van der Waals surface area (Å²) < 4.78 is 0. The molecule has 122 valence electrons. The predicted molar refractivity (Wildman–Crippen MR) is 89.8 cm³/mol. The Hall–Kier alpha value is -1.88. The molecule has 0 aliphatic carbocycles. The Morgan fingerprint density at radius 3 is 2.36 bits per heavy atom. The largest absolute Gasteiger partial charge is 0.354 e. The van der Waals surface area contributed by atoms with Crippen molar-refractivity contribution in [1.29, 1.82) is 0 Å². The van der Waals surface area contributed by atoms with Crippen LogP contribution in [-0.2, 0) is 16.0 Å². The number of carbonyl (C=O) groups excluding carboxylic acids is 2. The molecule has 0 fully saturated rings. The second-order valence-electron chi connectivity index (χ2n) is 6.15. The minimum absolute atomic E-state index is 0.263. The van der Waals surface area contributed by atoms with E-state index in [4.69, 9.17) is 0 Å². The van der Waals surface area contributed by atoms with Gasteiger partial charge in [-0.25, -0.2) is 0 Å². The molecule has 0 aromatic heterocycles. The smallest absolute Gasteiger partial charge is 0.239 e. The lowest BCUT2D eigenvalue weighted by Crippen LogP contribution is -2.46. The van der Waals surface area contributed by atoms with Gasteiger partial charge in [-0.1, -0.05) is 25.1 Å². The number of hydrogen-bond acceptors (Lipinski definition) is 3. The maximum atomic E-state index is 12.5. The van der Waals surface area contributed by atoms with E-state index in [1.807, 2.05) is 50.2 Å². The summed E-state index contributed by atoms with van der Waals surface area (Å²) in [5.41, 5.74) is 0.705. The van der Waals surface area contributed by atoms with Crippen LogP contribution in [0.3, 0.4) is 0 Å². The Morgan fingerprint density at radius 1 is 1.14 bits per heavy atom. The Labute approximate surface area is 133 Å². The number of anilines is 1. The molecule has 0 heterocycles. The zero-order chi connectivity index (χ0) is 16.8. The van der Waals surface area contributed by atoms with Gasteiger partial charge in [0.25, 0.3) is 0 Å². The van der Waals surface area contributed by atoms with Crippen LogP contribution >= 0.6 is 0 Å². The Morgan fingerprint density at radius 2 is 1.77 bits per heavy atom. The average molecular weight is 305 g/mol. The topological polar surface area (TPSA) is 61.4 Å². The van der Waals surface area contributed by atoms with E-state index in [-0.39, 0.29) is 11.8 Å². The molecule has 2 N–H and O–H groups in total. The van der Waals surface area contributed by atoms with Gasteiger partial charge >= 0.3 is 0 Å². The Balaban J connectivity index is 2.71. The lowest BCUT2D eigenvalue weighted by molar-refractivity contribution is -0.138. The number of benzene rings is 1. The van der Waals surface area contributed by atoms with Crippen LogP contribution in [0.2, 0.25) is 0 Å². The van der Waals surface area contributed by atoms with Crippen LogP contribution in [0.1, 0.15) is 26.3 Å². The molecular formula is C17H27N3O2. The lowest BCUT2D eigenvalue weighted by atomic mass is 9.90. The summed E-state index contributed by atoms with van der Waals surface area (Å²) in [5.74, 6) is -0.559. The fourth-order valence-electron chi connectivity index (χ4n) is 1.95. The van der Waals surface area contributed by atoms with Crippen molar-refractivity contribution in [3.8, 4) is 0 Å². The summed E-state index contributed by atoms with van der Waals surface area (Å²) >= 11 is 0. The zero-order valence-electron chi connectivity index (χ0n) is 14.2.